The number of carbonyl (C=O) groups excluding carboxylic acids is 1. The third-order valence-electron chi connectivity index (χ3n) is 1.54. The quantitative estimate of drug-likeness (QED) is 0.666. The highest BCUT2D eigenvalue weighted by atomic mass is 32.2. The van der Waals surface area contributed by atoms with Gasteiger partial charge in [0.05, 0.1) is 7.11 Å². The summed E-state index contributed by atoms with van der Waals surface area (Å²) in [5.74, 6) is -0.685. The molecule has 17 heavy (non-hydrogen) atoms. The van der Waals surface area contributed by atoms with Crippen LogP contribution in [-0.2, 0) is 4.74 Å². The van der Waals surface area contributed by atoms with Gasteiger partial charge in [0.1, 0.15) is 0 Å². The Morgan fingerprint density at radius 1 is 1.65 bits per heavy atom. The fraction of sp³-hybridized carbons (Fsp3) is 0.500. The molecule has 1 N–H and O–H groups in total. The minimum atomic E-state index is -4.22. The SMILES string of the molecule is COC(=O)c1csc(NCCSC(F)(F)F)n1. The second-order valence-corrected chi connectivity index (χ2v) is 4.77. The number of esters is 1. The van der Waals surface area contributed by atoms with Gasteiger partial charge in [0.2, 0.25) is 0 Å². The van der Waals surface area contributed by atoms with Gasteiger partial charge in [-0.05, 0) is 11.8 Å². The summed E-state index contributed by atoms with van der Waals surface area (Å²) in [5.41, 5.74) is -4.08. The van der Waals surface area contributed by atoms with Gasteiger partial charge in [0.15, 0.2) is 10.8 Å². The number of carbonyl (C=O) groups is 1. The Morgan fingerprint density at radius 3 is 2.94 bits per heavy atom. The molecule has 1 aromatic rings. The molecule has 9 heteroatoms. The molecule has 0 aliphatic carbocycles. The third kappa shape index (κ3) is 5.26. The number of ether oxygens (including phenoxy) is 1. The molecule has 0 saturated heterocycles. The molecule has 0 aromatic carbocycles. The highest BCUT2D eigenvalue weighted by molar-refractivity contribution is 8.00. The van der Waals surface area contributed by atoms with E-state index in [1.54, 1.807) is 0 Å². The van der Waals surface area contributed by atoms with Crippen LogP contribution >= 0.6 is 23.1 Å². The summed E-state index contributed by atoms with van der Waals surface area (Å²) in [6.45, 7) is 0.123. The number of methoxy groups -OCH3 is 1. The van der Waals surface area contributed by atoms with Crippen LogP contribution in [0.5, 0.6) is 0 Å². The van der Waals surface area contributed by atoms with Gasteiger partial charge in [-0.25, -0.2) is 9.78 Å². The van der Waals surface area contributed by atoms with Crippen molar-refractivity contribution in [2.24, 2.45) is 0 Å². The number of anilines is 1. The molecular weight excluding hydrogens is 277 g/mol. The van der Waals surface area contributed by atoms with Crippen LogP contribution in [0, 0.1) is 0 Å². The zero-order valence-corrected chi connectivity index (χ0v) is 10.3. The van der Waals surface area contributed by atoms with Gasteiger partial charge in [0.25, 0.3) is 0 Å². The molecule has 0 aliphatic heterocycles. The largest absolute Gasteiger partial charge is 0.464 e. The number of alkyl halides is 3. The number of thiazole rings is 1. The van der Waals surface area contributed by atoms with Crippen LogP contribution in [-0.4, -0.2) is 35.9 Å². The van der Waals surface area contributed by atoms with E-state index in [1.807, 2.05) is 0 Å². The molecule has 4 nitrogen and oxygen atoms in total. The molecule has 1 aromatic heterocycles. The van der Waals surface area contributed by atoms with Crippen LogP contribution in [0.4, 0.5) is 18.3 Å². The van der Waals surface area contributed by atoms with Crippen LogP contribution in [0.15, 0.2) is 5.38 Å². The average Bonchev–Trinajstić information content (AvgIpc) is 2.70. The number of thioether (sulfide) groups is 1. The number of nitrogens with zero attached hydrogens (tertiary/aromatic N) is 1. The predicted octanol–water partition coefficient (Wildman–Crippen LogP) is 2.59. The summed E-state index contributed by atoms with van der Waals surface area (Å²) >= 11 is 1.03. The van der Waals surface area contributed by atoms with Crippen LogP contribution in [0.25, 0.3) is 0 Å². The van der Waals surface area contributed by atoms with Crippen molar-refractivity contribution in [3.63, 3.8) is 0 Å². The molecule has 0 amide bonds. The molecule has 0 bridgehead atoms. The summed E-state index contributed by atoms with van der Waals surface area (Å²) < 4.78 is 39.8. The van der Waals surface area contributed by atoms with Gasteiger partial charge in [-0.1, -0.05) is 0 Å². The first kappa shape index (κ1) is 14.1. The van der Waals surface area contributed by atoms with Crippen molar-refractivity contribution in [2.75, 3.05) is 24.7 Å². The van der Waals surface area contributed by atoms with Crippen molar-refractivity contribution in [1.82, 2.24) is 4.98 Å². The van der Waals surface area contributed by atoms with E-state index in [-0.39, 0.29) is 29.8 Å². The van der Waals surface area contributed by atoms with E-state index in [2.05, 4.69) is 15.0 Å². The lowest BCUT2D eigenvalue weighted by Crippen LogP contribution is -2.09. The normalized spacial score (nSPS) is 11.3. The lowest BCUT2D eigenvalue weighted by Gasteiger charge is -2.05. The van der Waals surface area contributed by atoms with E-state index in [1.165, 1.54) is 12.5 Å². The number of nitrogens with one attached hydrogen (secondary N) is 1. The van der Waals surface area contributed by atoms with Crippen molar-refractivity contribution >= 4 is 34.2 Å². The van der Waals surface area contributed by atoms with E-state index in [9.17, 15) is 18.0 Å². The molecule has 1 rings (SSSR count). The lowest BCUT2D eigenvalue weighted by atomic mass is 10.5. The maximum Gasteiger partial charge on any atom is 0.441 e. The molecule has 1 heterocycles. The zero-order chi connectivity index (χ0) is 12.9. The monoisotopic (exact) mass is 286 g/mol. The summed E-state index contributed by atoms with van der Waals surface area (Å²) in [5, 5.41) is 4.57. The minimum Gasteiger partial charge on any atom is -0.464 e. The zero-order valence-electron chi connectivity index (χ0n) is 8.71. The van der Waals surface area contributed by atoms with E-state index < -0.39 is 11.5 Å². The number of rotatable bonds is 5. The topological polar surface area (TPSA) is 51.2 Å². The van der Waals surface area contributed by atoms with E-state index in [4.69, 9.17) is 0 Å². The fourth-order valence-electron chi connectivity index (χ4n) is 0.878. The molecular formula is C8H9F3N2O2S2. The van der Waals surface area contributed by atoms with Crippen molar-refractivity contribution in [2.45, 2.75) is 5.51 Å². The molecule has 0 radical (unpaired) electrons. The maximum absolute atomic E-state index is 11.8. The predicted molar refractivity (Wildman–Crippen MR) is 60.5 cm³/mol. The maximum atomic E-state index is 11.8. The van der Waals surface area contributed by atoms with Crippen molar-refractivity contribution in [3.8, 4) is 0 Å². The first-order valence-electron chi connectivity index (χ1n) is 4.41. The van der Waals surface area contributed by atoms with Gasteiger partial charge in [-0.2, -0.15) is 13.2 Å². The molecule has 0 spiro atoms. The molecule has 0 fully saturated rings. The smallest absolute Gasteiger partial charge is 0.441 e. The number of hydrogen-bond donors (Lipinski definition) is 1. The Bertz CT molecular complexity index is 381. The van der Waals surface area contributed by atoms with Gasteiger partial charge in [-0.15, -0.1) is 11.3 Å². The van der Waals surface area contributed by atoms with Crippen LogP contribution < -0.4 is 5.32 Å². The third-order valence-corrected chi connectivity index (χ3v) is 3.08. The van der Waals surface area contributed by atoms with Gasteiger partial charge < -0.3 is 10.1 Å². The number of halogens is 3. The van der Waals surface area contributed by atoms with Crippen molar-refractivity contribution in [3.05, 3.63) is 11.1 Å². The Kier molecular flexibility index (Phi) is 5.06. The van der Waals surface area contributed by atoms with E-state index in [0.717, 1.165) is 11.3 Å². The Labute approximate surface area is 104 Å². The average molecular weight is 286 g/mol. The molecule has 96 valence electrons. The highest BCUT2D eigenvalue weighted by Crippen LogP contribution is 2.29. The van der Waals surface area contributed by atoms with Crippen molar-refractivity contribution < 1.29 is 22.7 Å². The summed E-state index contributed by atoms with van der Waals surface area (Å²) in [4.78, 5) is 14.9. The molecule has 0 aliphatic rings. The first-order chi connectivity index (χ1) is 7.92. The summed E-state index contributed by atoms with van der Waals surface area (Å²) in [7, 11) is 1.23. The standard InChI is InChI=1S/C8H9F3N2O2S2/c1-15-6(14)5-4-16-7(13-5)12-2-3-17-8(9,10)11/h4H,2-3H2,1H3,(H,12,13). The lowest BCUT2D eigenvalue weighted by molar-refractivity contribution is -0.0327. The Hall–Kier alpha value is -0.960. The summed E-state index contributed by atoms with van der Waals surface area (Å²) in [6.07, 6.45) is 0. The molecule has 0 saturated carbocycles. The van der Waals surface area contributed by atoms with Gasteiger partial charge in [-0.3, -0.25) is 0 Å². The number of aromatic nitrogens is 1. The Balaban J connectivity index is 2.33. The van der Waals surface area contributed by atoms with E-state index in [0.29, 0.717) is 5.13 Å². The highest BCUT2D eigenvalue weighted by Gasteiger charge is 2.27. The van der Waals surface area contributed by atoms with Crippen LogP contribution in [0.1, 0.15) is 10.5 Å². The van der Waals surface area contributed by atoms with Gasteiger partial charge in [0, 0.05) is 17.7 Å². The Morgan fingerprint density at radius 2 is 2.35 bits per heavy atom. The van der Waals surface area contributed by atoms with Crippen LogP contribution in [0.2, 0.25) is 0 Å². The number of hydrogen-bond acceptors (Lipinski definition) is 6. The second kappa shape index (κ2) is 6.10. The van der Waals surface area contributed by atoms with Crippen molar-refractivity contribution in [1.29, 1.82) is 0 Å². The molecule has 0 unspecified atom stereocenters. The van der Waals surface area contributed by atoms with Gasteiger partial charge >= 0.3 is 11.5 Å². The van der Waals surface area contributed by atoms with E-state index >= 15 is 0 Å². The summed E-state index contributed by atoms with van der Waals surface area (Å²) in [6, 6.07) is 0. The first-order valence-corrected chi connectivity index (χ1v) is 6.27. The second-order valence-electron chi connectivity index (χ2n) is 2.75. The molecule has 0 atom stereocenters. The fourth-order valence-corrected chi connectivity index (χ4v) is 2.02. The minimum absolute atomic E-state index is 0.107. The van der Waals surface area contributed by atoms with Crippen LogP contribution in [0.3, 0.4) is 0 Å².